The molecule has 1 amide bonds. The SMILES string of the molecule is COc1ccc(N(CC(=O)Nc2ccc(Br)cc2F)S(=O)(=O)c2ccc(C)cc2)c(OC)c1. The zero-order valence-corrected chi connectivity index (χ0v) is 20.5. The Morgan fingerprint density at radius 1 is 1.03 bits per heavy atom. The summed E-state index contributed by atoms with van der Waals surface area (Å²) in [6.07, 6.45) is 0. The molecule has 0 aliphatic heterocycles. The second-order valence-electron chi connectivity index (χ2n) is 7.03. The fourth-order valence-electron chi connectivity index (χ4n) is 3.04. The Balaban J connectivity index is 2.03. The molecule has 0 bridgehead atoms. The number of carbonyl (C=O) groups is 1. The summed E-state index contributed by atoms with van der Waals surface area (Å²) in [5.41, 5.74) is 0.939. The van der Waals surface area contributed by atoms with Crippen molar-refractivity contribution >= 4 is 43.2 Å². The van der Waals surface area contributed by atoms with Crippen LogP contribution >= 0.6 is 15.9 Å². The molecule has 1 N–H and O–H groups in total. The molecule has 0 unspecified atom stereocenters. The van der Waals surface area contributed by atoms with Gasteiger partial charge in [-0.25, -0.2) is 12.8 Å². The molecular formula is C23H22BrFN2O5S. The van der Waals surface area contributed by atoms with Gasteiger partial charge in [-0.1, -0.05) is 33.6 Å². The van der Waals surface area contributed by atoms with E-state index in [0.29, 0.717) is 10.2 Å². The van der Waals surface area contributed by atoms with E-state index in [1.807, 2.05) is 6.92 Å². The van der Waals surface area contributed by atoms with E-state index in [4.69, 9.17) is 9.47 Å². The average Bonchev–Trinajstić information content (AvgIpc) is 2.79. The van der Waals surface area contributed by atoms with Crippen molar-refractivity contribution in [1.29, 1.82) is 0 Å². The standard InChI is InChI=1S/C23H22BrFN2O5S/c1-15-4-8-18(9-5-15)33(29,30)27(21-11-7-17(31-2)13-22(21)32-3)14-23(28)26-20-10-6-16(24)12-19(20)25/h4-13H,14H2,1-3H3,(H,26,28). The number of anilines is 2. The van der Waals surface area contributed by atoms with Crippen molar-refractivity contribution in [2.75, 3.05) is 30.4 Å². The highest BCUT2D eigenvalue weighted by atomic mass is 79.9. The Morgan fingerprint density at radius 2 is 1.73 bits per heavy atom. The monoisotopic (exact) mass is 536 g/mol. The molecule has 0 aromatic heterocycles. The number of amides is 1. The third-order valence-corrected chi connectivity index (χ3v) is 7.02. The molecule has 0 radical (unpaired) electrons. The van der Waals surface area contributed by atoms with Gasteiger partial charge in [0.2, 0.25) is 5.91 Å². The van der Waals surface area contributed by atoms with E-state index in [1.165, 1.54) is 50.6 Å². The number of halogens is 2. The number of nitrogens with one attached hydrogen (secondary N) is 1. The van der Waals surface area contributed by atoms with E-state index in [0.717, 1.165) is 9.87 Å². The topological polar surface area (TPSA) is 84.9 Å². The molecule has 0 saturated heterocycles. The van der Waals surface area contributed by atoms with Crippen LogP contribution in [0.15, 0.2) is 70.0 Å². The van der Waals surface area contributed by atoms with E-state index < -0.39 is 28.3 Å². The number of aryl methyl sites for hydroxylation is 1. The summed E-state index contributed by atoms with van der Waals surface area (Å²) in [6.45, 7) is 1.22. The fourth-order valence-corrected chi connectivity index (χ4v) is 4.80. The van der Waals surface area contributed by atoms with Crippen LogP contribution in [-0.2, 0) is 14.8 Å². The summed E-state index contributed by atoms with van der Waals surface area (Å²) in [7, 11) is -1.33. The Labute approximate surface area is 200 Å². The van der Waals surface area contributed by atoms with E-state index in [1.54, 1.807) is 24.3 Å². The molecule has 0 spiro atoms. The van der Waals surface area contributed by atoms with Crippen molar-refractivity contribution in [3.63, 3.8) is 0 Å². The van der Waals surface area contributed by atoms with Crippen molar-refractivity contribution in [2.45, 2.75) is 11.8 Å². The lowest BCUT2D eigenvalue weighted by Crippen LogP contribution is -2.38. The normalized spacial score (nSPS) is 11.1. The number of rotatable bonds is 8. The van der Waals surface area contributed by atoms with Gasteiger partial charge in [0.25, 0.3) is 10.0 Å². The molecule has 7 nitrogen and oxygen atoms in total. The summed E-state index contributed by atoms with van der Waals surface area (Å²) in [6, 6.07) is 14.9. The maximum atomic E-state index is 14.2. The first-order chi connectivity index (χ1) is 15.6. The molecule has 3 rings (SSSR count). The van der Waals surface area contributed by atoms with E-state index >= 15 is 0 Å². The highest BCUT2D eigenvalue weighted by Gasteiger charge is 2.30. The second kappa shape index (κ2) is 10.2. The van der Waals surface area contributed by atoms with Crippen LogP contribution in [0.25, 0.3) is 0 Å². The van der Waals surface area contributed by atoms with Crippen LogP contribution in [0.4, 0.5) is 15.8 Å². The van der Waals surface area contributed by atoms with Gasteiger partial charge in [0.05, 0.1) is 30.5 Å². The minimum Gasteiger partial charge on any atom is -0.497 e. The molecule has 10 heteroatoms. The van der Waals surface area contributed by atoms with Crippen LogP contribution in [0, 0.1) is 12.7 Å². The molecule has 0 fully saturated rings. The van der Waals surface area contributed by atoms with Gasteiger partial charge in [0.1, 0.15) is 23.9 Å². The quantitative estimate of drug-likeness (QED) is 0.449. The average molecular weight is 537 g/mol. The molecule has 0 saturated carbocycles. The number of hydrogen-bond donors (Lipinski definition) is 1. The Kier molecular flexibility index (Phi) is 7.60. The van der Waals surface area contributed by atoms with E-state index in [9.17, 15) is 17.6 Å². The number of methoxy groups -OCH3 is 2. The lowest BCUT2D eigenvalue weighted by Gasteiger charge is -2.26. The Hall–Kier alpha value is -3.11. The van der Waals surface area contributed by atoms with Crippen LogP contribution in [0.3, 0.4) is 0 Å². The van der Waals surface area contributed by atoms with Gasteiger partial charge >= 0.3 is 0 Å². The second-order valence-corrected chi connectivity index (χ2v) is 9.81. The summed E-state index contributed by atoms with van der Waals surface area (Å²) in [4.78, 5) is 12.8. The van der Waals surface area contributed by atoms with E-state index in [2.05, 4.69) is 21.2 Å². The van der Waals surface area contributed by atoms with Gasteiger partial charge in [-0.15, -0.1) is 0 Å². The summed E-state index contributed by atoms with van der Waals surface area (Å²) < 4.78 is 53.3. The lowest BCUT2D eigenvalue weighted by molar-refractivity contribution is -0.114. The molecule has 0 aliphatic carbocycles. The zero-order chi connectivity index (χ0) is 24.2. The Morgan fingerprint density at radius 3 is 2.33 bits per heavy atom. The molecule has 33 heavy (non-hydrogen) atoms. The van der Waals surface area contributed by atoms with Crippen molar-refractivity contribution in [3.8, 4) is 11.5 Å². The van der Waals surface area contributed by atoms with Gasteiger partial charge in [-0.2, -0.15) is 0 Å². The van der Waals surface area contributed by atoms with Gasteiger partial charge in [-0.05, 0) is 49.4 Å². The molecule has 174 valence electrons. The molecule has 3 aromatic carbocycles. The summed E-state index contributed by atoms with van der Waals surface area (Å²) in [5.74, 6) is -0.755. The van der Waals surface area contributed by atoms with Crippen molar-refractivity contribution in [3.05, 3.63) is 76.5 Å². The predicted octanol–water partition coefficient (Wildman–Crippen LogP) is 4.75. The summed E-state index contributed by atoms with van der Waals surface area (Å²) >= 11 is 3.15. The highest BCUT2D eigenvalue weighted by molar-refractivity contribution is 9.10. The third kappa shape index (κ3) is 5.63. The highest BCUT2D eigenvalue weighted by Crippen LogP contribution is 2.35. The molecular weight excluding hydrogens is 515 g/mol. The largest absolute Gasteiger partial charge is 0.497 e. The first kappa shape index (κ1) is 24.5. The molecule has 0 atom stereocenters. The van der Waals surface area contributed by atoms with Crippen molar-refractivity contribution in [2.24, 2.45) is 0 Å². The number of carbonyl (C=O) groups excluding carboxylic acids is 1. The third-order valence-electron chi connectivity index (χ3n) is 4.76. The Bertz CT molecular complexity index is 1270. The van der Waals surface area contributed by atoms with Gasteiger partial charge in [0, 0.05) is 10.5 Å². The van der Waals surface area contributed by atoms with Crippen molar-refractivity contribution in [1.82, 2.24) is 0 Å². The first-order valence-electron chi connectivity index (χ1n) is 9.72. The number of benzene rings is 3. The van der Waals surface area contributed by atoms with Crippen LogP contribution in [0.1, 0.15) is 5.56 Å². The lowest BCUT2D eigenvalue weighted by atomic mass is 10.2. The van der Waals surface area contributed by atoms with Crippen LogP contribution in [-0.4, -0.2) is 35.1 Å². The number of hydrogen-bond acceptors (Lipinski definition) is 5. The maximum Gasteiger partial charge on any atom is 0.264 e. The van der Waals surface area contributed by atoms with Crippen LogP contribution < -0.4 is 19.1 Å². The first-order valence-corrected chi connectivity index (χ1v) is 12.0. The maximum absolute atomic E-state index is 14.2. The number of sulfonamides is 1. The van der Waals surface area contributed by atoms with Crippen LogP contribution in [0.2, 0.25) is 0 Å². The number of nitrogens with zero attached hydrogens (tertiary/aromatic N) is 1. The summed E-state index contributed by atoms with van der Waals surface area (Å²) in [5, 5.41) is 2.42. The van der Waals surface area contributed by atoms with Crippen molar-refractivity contribution < 1.29 is 27.1 Å². The minimum absolute atomic E-state index is 0.00593. The van der Waals surface area contributed by atoms with E-state index in [-0.39, 0.29) is 22.0 Å². The number of ether oxygens (including phenoxy) is 2. The fraction of sp³-hybridized carbons (Fsp3) is 0.174. The van der Waals surface area contributed by atoms with Gasteiger partial charge in [0.15, 0.2) is 0 Å². The molecule has 3 aromatic rings. The minimum atomic E-state index is -4.18. The zero-order valence-electron chi connectivity index (χ0n) is 18.1. The van der Waals surface area contributed by atoms with Crippen LogP contribution in [0.5, 0.6) is 11.5 Å². The smallest absolute Gasteiger partial charge is 0.264 e. The predicted molar refractivity (Wildman–Crippen MR) is 128 cm³/mol. The molecule has 0 heterocycles. The van der Waals surface area contributed by atoms with Gasteiger partial charge in [-0.3, -0.25) is 9.10 Å². The molecule has 0 aliphatic rings. The van der Waals surface area contributed by atoms with Gasteiger partial charge < -0.3 is 14.8 Å².